The van der Waals surface area contributed by atoms with Crippen molar-refractivity contribution in [3.63, 3.8) is 0 Å². The lowest BCUT2D eigenvalue weighted by Gasteiger charge is -2.02. The van der Waals surface area contributed by atoms with E-state index < -0.39 is 5.78 Å². The number of ketones is 1. The molecule has 0 amide bonds. The molecule has 5 heteroatoms. The van der Waals surface area contributed by atoms with Gasteiger partial charge in [-0.3, -0.25) is 9.59 Å². The maximum Gasteiger partial charge on any atom is 0.233 e. The number of hydrogen-bond donors (Lipinski definition) is 1. The Morgan fingerprint density at radius 3 is 2.84 bits per heavy atom. The third-order valence-corrected chi connectivity index (χ3v) is 3.33. The molecule has 0 aliphatic rings. The first-order chi connectivity index (χ1) is 9.16. The molecular formula is C14H8BrNO3. The van der Waals surface area contributed by atoms with E-state index in [1.807, 2.05) is 6.07 Å². The molecule has 3 rings (SSSR count). The van der Waals surface area contributed by atoms with Gasteiger partial charge in [-0.15, -0.1) is 0 Å². The van der Waals surface area contributed by atoms with E-state index >= 15 is 0 Å². The van der Waals surface area contributed by atoms with Crippen LogP contribution in [0, 0.1) is 0 Å². The first-order valence-electron chi connectivity index (χ1n) is 5.56. The molecule has 2 aromatic heterocycles. The number of aromatic amines is 1. The van der Waals surface area contributed by atoms with Crippen LogP contribution in [0.3, 0.4) is 0 Å². The minimum Gasteiger partial charge on any atom is -0.461 e. The minimum absolute atomic E-state index is 0.0700. The van der Waals surface area contributed by atoms with Crippen LogP contribution in [0.15, 0.2) is 56.5 Å². The normalized spacial score (nSPS) is 10.8. The molecule has 0 aliphatic heterocycles. The number of aromatic nitrogens is 1. The van der Waals surface area contributed by atoms with Crippen molar-refractivity contribution in [3.8, 4) is 0 Å². The van der Waals surface area contributed by atoms with Gasteiger partial charge < -0.3 is 9.40 Å². The van der Waals surface area contributed by atoms with E-state index in [0.29, 0.717) is 10.9 Å². The van der Waals surface area contributed by atoms with E-state index in [1.54, 1.807) is 18.2 Å². The quantitative estimate of drug-likeness (QED) is 0.739. The Balaban J connectivity index is 2.23. The van der Waals surface area contributed by atoms with E-state index in [9.17, 15) is 9.59 Å². The smallest absolute Gasteiger partial charge is 0.233 e. The lowest BCUT2D eigenvalue weighted by atomic mass is 10.1. The molecule has 94 valence electrons. The van der Waals surface area contributed by atoms with Crippen molar-refractivity contribution in [2.24, 2.45) is 0 Å². The van der Waals surface area contributed by atoms with E-state index in [0.717, 1.165) is 4.47 Å². The van der Waals surface area contributed by atoms with Crippen LogP contribution in [0.25, 0.3) is 10.9 Å². The highest BCUT2D eigenvalue weighted by Crippen LogP contribution is 2.16. The summed E-state index contributed by atoms with van der Waals surface area (Å²) in [5, 5.41) is 0.465. The Kier molecular flexibility index (Phi) is 2.83. The van der Waals surface area contributed by atoms with Gasteiger partial charge in [-0.25, -0.2) is 0 Å². The summed E-state index contributed by atoms with van der Waals surface area (Å²) in [6, 6.07) is 8.44. The molecule has 0 spiro atoms. The van der Waals surface area contributed by atoms with Crippen molar-refractivity contribution in [2.75, 3.05) is 0 Å². The van der Waals surface area contributed by atoms with Crippen LogP contribution in [0.2, 0.25) is 0 Å². The van der Waals surface area contributed by atoms with Gasteiger partial charge in [0.15, 0.2) is 5.76 Å². The molecule has 0 unspecified atom stereocenters. The summed E-state index contributed by atoms with van der Waals surface area (Å²) in [5.74, 6) is -0.270. The summed E-state index contributed by atoms with van der Waals surface area (Å²) in [6.07, 6.45) is 2.82. The molecule has 2 heterocycles. The van der Waals surface area contributed by atoms with Crippen molar-refractivity contribution in [1.29, 1.82) is 0 Å². The first kappa shape index (κ1) is 11.9. The number of carbonyl (C=O) groups is 1. The standard InChI is InChI=1S/C14H8BrNO3/c15-8-3-4-11-9(6-8)13(17)10(7-16-11)14(18)12-2-1-5-19-12/h1-7H,(H,16,17). The number of carbonyl (C=O) groups excluding carboxylic acids is 1. The van der Waals surface area contributed by atoms with Crippen LogP contribution in [0.4, 0.5) is 0 Å². The third kappa shape index (κ3) is 2.02. The van der Waals surface area contributed by atoms with Crippen LogP contribution >= 0.6 is 15.9 Å². The second-order valence-electron chi connectivity index (χ2n) is 4.03. The Morgan fingerprint density at radius 1 is 1.26 bits per heavy atom. The zero-order valence-corrected chi connectivity index (χ0v) is 11.2. The molecule has 19 heavy (non-hydrogen) atoms. The van der Waals surface area contributed by atoms with Gasteiger partial charge in [-0.2, -0.15) is 0 Å². The van der Waals surface area contributed by atoms with Crippen molar-refractivity contribution in [2.45, 2.75) is 0 Å². The summed E-state index contributed by atoms with van der Waals surface area (Å²) >= 11 is 3.31. The highest BCUT2D eigenvalue weighted by Gasteiger charge is 2.17. The first-order valence-corrected chi connectivity index (χ1v) is 6.35. The molecule has 3 aromatic rings. The molecule has 4 nitrogen and oxygen atoms in total. The zero-order chi connectivity index (χ0) is 13.4. The number of H-pyrrole nitrogens is 1. The lowest BCUT2D eigenvalue weighted by molar-refractivity contribution is 0.101. The van der Waals surface area contributed by atoms with Crippen molar-refractivity contribution in [3.05, 3.63) is 68.8 Å². The van der Waals surface area contributed by atoms with E-state index in [2.05, 4.69) is 20.9 Å². The molecule has 1 aromatic carbocycles. The Morgan fingerprint density at radius 2 is 2.11 bits per heavy atom. The number of rotatable bonds is 2. The van der Waals surface area contributed by atoms with Crippen molar-refractivity contribution < 1.29 is 9.21 Å². The monoisotopic (exact) mass is 317 g/mol. The fraction of sp³-hybridized carbons (Fsp3) is 0. The van der Waals surface area contributed by atoms with Crippen LogP contribution in [0.5, 0.6) is 0 Å². The molecule has 0 saturated carbocycles. The van der Waals surface area contributed by atoms with E-state index in [1.165, 1.54) is 18.5 Å². The van der Waals surface area contributed by atoms with Crippen LogP contribution in [0.1, 0.15) is 16.1 Å². The Bertz CT molecular complexity index is 818. The summed E-state index contributed by atoms with van der Waals surface area (Å²) < 4.78 is 5.81. The van der Waals surface area contributed by atoms with Crippen molar-refractivity contribution >= 4 is 32.6 Å². The highest BCUT2D eigenvalue weighted by atomic mass is 79.9. The molecule has 1 N–H and O–H groups in total. The third-order valence-electron chi connectivity index (χ3n) is 2.83. The van der Waals surface area contributed by atoms with Gasteiger partial charge in [0.05, 0.1) is 11.8 Å². The summed E-state index contributed by atoms with van der Waals surface area (Å²) in [7, 11) is 0. The van der Waals surface area contributed by atoms with Gasteiger partial charge in [0, 0.05) is 21.6 Å². The van der Waals surface area contributed by atoms with Crippen LogP contribution in [-0.2, 0) is 0 Å². The maximum absolute atomic E-state index is 12.3. The summed E-state index contributed by atoms with van der Waals surface area (Å²) in [6.45, 7) is 0. The average molecular weight is 318 g/mol. The van der Waals surface area contributed by atoms with Crippen molar-refractivity contribution in [1.82, 2.24) is 4.98 Å². The SMILES string of the molecule is O=C(c1ccco1)c1c[nH]c2ccc(Br)cc2c1=O. The molecule has 0 fully saturated rings. The van der Waals surface area contributed by atoms with Gasteiger partial charge in [0.25, 0.3) is 0 Å². The fourth-order valence-electron chi connectivity index (χ4n) is 1.90. The number of benzene rings is 1. The molecule has 0 saturated heterocycles. The highest BCUT2D eigenvalue weighted by molar-refractivity contribution is 9.10. The minimum atomic E-state index is -0.423. The molecule has 0 aliphatic carbocycles. The average Bonchev–Trinajstić information content (AvgIpc) is 2.93. The molecule has 0 bridgehead atoms. The summed E-state index contributed by atoms with van der Waals surface area (Å²) in [4.78, 5) is 27.4. The van der Waals surface area contributed by atoms with Gasteiger partial charge >= 0.3 is 0 Å². The fourth-order valence-corrected chi connectivity index (χ4v) is 2.26. The molecule has 0 atom stereocenters. The molecular weight excluding hydrogens is 310 g/mol. The number of fused-ring (bicyclic) bond motifs is 1. The molecule has 0 radical (unpaired) electrons. The number of halogens is 1. The zero-order valence-electron chi connectivity index (χ0n) is 9.64. The Hall–Kier alpha value is -2.14. The number of pyridine rings is 1. The number of furan rings is 1. The van der Waals surface area contributed by atoms with Gasteiger partial charge in [-0.05, 0) is 30.3 Å². The lowest BCUT2D eigenvalue weighted by Crippen LogP contribution is -2.16. The number of hydrogen-bond acceptors (Lipinski definition) is 3. The Labute approximate surface area is 116 Å². The topological polar surface area (TPSA) is 63.1 Å². The van der Waals surface area contributed by atoms with E-state index in [4.69, 9.17) is 4.42 Å². The van der Waals surface area contributed by atoms with Gasteiger partial charge in [-0.1, -0.05) is 15.9 Å². The summed E-state index contributed by atoms with van der Waals surface area (Å²) in [5.41, 5.74) is 0.446. The van der Waals surface area contributed by atoms with Gasteiger partial charge in [0.1, 0.15) is 0 Å². The predicted octanol–water partition coefficient (Wildman–Crippen LogP) is 3.11. The largest absolute Gasteiger partial charge is 0.461 e. The second-order valence-corrected chi connectivity index (χ2v) is 4.94. The van der Waals surface area contributed by atoms with Crippen LogP contribution < -0.4 is 5.43 Å². The second kappa shape index (κ2) is 4.51. The van der Waals surface area contributed by atoms with Gasteiger partial charge in [0.2, 0.25) is 11.2 Å². The van der Waals surface area contributed by atoms with Crippen LogP contribution in [-0.4, -0.2) is 10.8 Å². The number of nitrogens with one attached hydrogen (secondary N) is 1. The maximum atomic E-state index is 12.3. The van der Waals surface area contributed by atoms with E-state index in [-0.39, 0.29) is 16.8 Å². The predicted molar refractivity (Wildman–Crippen MR) is 74.4 cm³/mol.